The van der Waals surface area contributed by atoms with Gasteiger partial charge in [-0.2, -0.15) is 5.26 Å². The fourth-order valence-corrected chi connectivity index (χ4v) is 2.58. The van der Waals surface area contributed by atoms with Crippen molar-refractivity contribution in [1.29, 1.82) is 5.26 Å². The Morgan fingerprint density at radius 2 is 1.77 bits per heavy atom. The van der Waals surface area contributed by atoms with E-state index in [1.807, 2.05) is 0 Å². The topological polar surface area (TPSA) is 26.8 Å². The van der Waals surface area contributed by atoms with E-state index in [4.69, 9.17) is 5.26 Å². The minimum absolute atomic E-state index is 0.131. The quantitative estimate of drug-likeness (QED) is 0.611. The van der Waals surface area contributed by atoms with Crippen molar-refractivity contribution in [3.05, 3.63) is 0 Å². The van der Waals surface area contributed by atoms with Gasteiger partial charge in [0.1, 0.15) is 6.04 Å². The Balaban J connectivity index is 2.87. The van der Waals surface area contributed by atoms with E-state index < -0.39 is 0 Å². The first-order valence-electron chi connectivity index (χ1n) is 5.13. The smallest absolute Gasteiger partial charge is 0.117 e. The van der Waals surface area contributed by atoms with Crippen molar-refractivity contribution in [2.75, 3.05) is 0 Å². The van der Waals surface area contributed by atoms with Crippen LogP contribution in [0.25, 0.3) is 0 Å². The Labute approximate surface area is 81.5 Å². The van der Waals surface area contributed by atoms with Gasteiger partial charge in [-0.1, -0.05) is 13.8 Å². The van der Waals surface area contributed by atoms with Gasteiger partial charge in [0.15, 0.2) is 0 Å². The maximum atomic E-state index is 9.05. The molecule has 1 fully saturated rings. The average Bonchev–Trinajstić information content (AvgIpc) is 2.72. The van der Waals surface area contributed by atoms with Crippen LogP contribution in [-0.4, -0.2) is 22.0 Å². The predicted molar refractivity (Wildman–Crippen MR) is 54.3 cm³/mol. The molecule has 0 radical (unpaired) electrons. The summed E-state index contributed by atoms with van der Waals surface area (Å²) in [5, 5.41) is 9.05. The standard InChI is InChI=1S/C11H20N2/c1-6-11(7-2)9(8-12)13(11)10(3,4)5/h9H,6-7H2,1-5H3. The zero-order valence-electron chi connectivity index (χ0n) is 9.39. The van der Waals surface area contributed by atoms with Crippen molar-refractivity contribution < 1.29 is 0 Å². The van der Waals surface area contributed by atoms with Crippen LogP contribution in [0.15, 0.2) is 0 Å². The van der Waals surface area contributed by atoms with Gasteiger partial charge in [-0.25, -0.2) is 0 Å². The Morgan fingerprint density at radius 3 is 1.85 bits per heavy atom. The highest BCUT2D eigenvalue weighted by Gasteiger charge is 2.64. The van der Waals surface area contributed by atoms with Crippen LogP contribution >= 0.6 is 0 Å². The molecule has 2 atom stereocenters. The molecule has 0 N–H and O–H groups in total. The summed E-state index contributed by atoms with van der Waals surface area (Å²) in [4.78, 5) is 2.35. The van der Waals surface area contributed by atoms with E-state index in [9.17, 15) is 0 Å². The lowest BCUT2D eigenvalue weighted by molar-refractivity contribution is 0.230. The molecule has 1 heterocycles. The molecule has 13 heavy (non-hydrogen) atoms. The summed E-state index contributed by atoms with van der Waals surface area (Å²) in [5.41, 5.74) is 0.305. The summed E-state index contributed by atoms with van der Waals surface area (Å²) in [7, 11) is 0. The third kappa shape index (κ3) is 1.36. The van der Waals surface area contributed by atoms with Crippen LogP contribution in [0, 0.1) is 11.3 Å². The van der Waals surface area contributed by atoms with E-state index in [1.54, 1.807) is 0 Å². The van der Waals surface area contributed by atoms with Crippen LogP contribution in [0.5, 0.6) is 0 Å². The summed E-state index contributed by atoms with van der Waals surface area (Å²) in [6, 6.07) is 2.56. The molecule has 0 saturated carbocycles. The monoisotopic (exact) mass is 180 g/mol. The van der Waals surface area contributed by atoms with Crippen molar-refractivity contribution in [2.24, 2.45) is 0 Å². The Hall–Kier alpha value is -0.550. The molecule has 0 aromatic carbocycles. The van der Waals surface area contributed by atoms with Gasteiger partial charge in [0, 0.05) is 5.54 Å². The van der Waals surface area contributed by atoms with Gasteiger partial charge >= 0.3 is 0 Å². The molecule has 0 bridgehead atoms. The van der Waals surface area contributed by atoms with Crippen molar-refractivity contribution in [1.82, 2.24) is 4.90 Å². The first-order chi connectivity index (χ1) is 5.94. The van der Waals surface area contributed by atoms with Crippen LogP contribution < -0.4 is 0 Å². The number of nitrogens with zero attached hydrogens (tertiary/aromatic N) is 2. The first-order valence-corrected chi connectivity index (χ1v) is 5.13. The molecule has 1 aliphatic rings. The summed E-state index contributed by atoms with van der Waals surface area (Å²) < 4.78 is 0. The summed E-state index contributed by atoms with van der Waals surface area (Å²) >= 11 is 0. The highest BCUT2D eigenvalue weighted by molar-refractivity contribution is 5.27. The fraction of sp³-hybridized carbons (Fsp3) is 0.909. The third-order valence-corrected chi connectivity index (χ3v) is 3.25. The van der Waals surface area contributed by atoms with Gasteiger partial charge in [0.2, 0.25) is 0 Å². The van der Waals surface area contributed by atoms with E-state index >= 15 is 0 Å². The average molecular weight is 180 g/mol. The Kier molecular flexibility index (Phi) is 2.42. The van der Waals surface area contributed by atoms with Crippen molar-refractivity contribution in [2.45, 2.75) is 64.6 Å². The van der Waals surface area contributed by atoms with Crippen molar-refractivity contribution >= 4 is 0 Å². The van der Waals surface area contributed by atoms with E-state index in [2.05, 4.69) is 45.6 Å². The van der Waals surface area contributed by atoms with Crippen molar-refractivity contribution in [3.8, 4) is 6.07 Å². The SMILES string of the molecule is CCC1(CC)C(C#N)N1C(C)(C)C. The Morgan fingerprint density at radius 1 is 1.31 bits per heavy atom. The molecule has 2 heteroatoms. The molecule has 1 rings (SSSR count). The number of nitriles is 1. The van der Waals surface area contributed by atoms with E-state index in [-0.39, 0.29) is 17.1 Å². The maximum absolute atomic E-state index is 9.05. The van der Waals surface area contributed by atoms with Crippen molar-refractivity contribution in [3.63, 3.8) is 0 Å². The van der Waals surface area contributed by atoms with E-state index in [0.29, 0.717) is 0 Å². The van der Waals surface area contributed by atoms with Crippen LogP contribution in [0.4, 0.5) is 0 Å². The second-order valence-electron chi connectivity index (χ2n) is 4.88. The number of hydrogen-bond acceptors (Lipinski definition) is 2. The van der Waals surface area contributed by atoms with Gasteiger partial charge in [-0.3, -0.25) is 4.90 Å². The lowest BCUT2D eigenvalue weighted by Crippen LogP contribution is -2.32. The molecule has 74 valence electrons. The molecule has 0 aliphatic carbocycles. The van der Waals surface area contributed by atoms with Gasteiger partial charge in [-0.15, -0.1) is 0 Å². The maximum Gasteiger partial charge on any atom is 0.117 e. The molecular formula is C11H20N2. The van der Waals surface area contributed by atoms with Crippen LogP contribution in [0.1, 0.15) is 47.5 Å². The second kappa shape index (κ2) is 2.99. The second-order valence-corrected chi connectivity index (χ2v) is 4.88. The molecule has 0 amide bonds. The highest BCUT2D eigenvalue weighted by atomic mass is 15.4. The lowest BCUT2D eigenvalue weighted by atomic mass is 9.98. The van der Waals surface area contributed by atoms with Gasteiger partial charge in [-0.05, 0) is 33.6 Å². The van der Waals surface area contributed by atoms with Gasteiger partial charge in [0.25, 0.3) is 0 Å². The predicted octanol–water partition coefficient (Wildman–Crippen LogP) is 2.55. The zero-order valence-corrected chi connectivity index (χ0v) is 9.39. The van der Waals surface area contributed by atoms with Crippen LogP contribution in [0.3, 0.4) is 0 Å². The first kappa shape index (κ1) is 10.5. The summed E-state index contributed by atoms with van der Waals surface area (Å²) in [5.74, 6) is 0. The van der Waals surface area contributed by atoms with E-state index in [0.717, 1.165) is 12.8 Å². The van der Waals surface area contributed by atoms with E-state index in [1.165, 1.54) is 0 Å². The van der Waals surface area contributed by atoms with Gasteiger partial charge in [0.05, 0.1) is 11.6 Å². The fourth-order valence-electron chi connectivity index (χ4n) is 2.58. The zero-order chi connectivity index (χ0) is 10.3. The number of rotatable bonds is 2. The summed E-state index contributed by atoms with van der Waals surface area (Å²) in [6.45, 7) is 10.9. The molecule has 2 unspecified atom stereocenters. The molecule has 1 saturated heterocycles. The molecule has 0 aromatic rings. The number of hydrogen-bond donors (Lipinski definition) is 0. The molecule has 0 aromatic heterocycles. The summed E-state index contributed by atoms with van der Waals surface area (Å²) in [6.07, 6.45) is 2.16. The molecule has 2 nitrogen and oxygen atoms in total. The highest BCUT2D eigenvalue weighted by Crippen LogP contribution is 2.51. The lowest BCUT2D eigenvalue weighted by Gasteiger charge is -2.25. The minimum Gasteiger partial charge on any atom is -0.273 e. The van der Waals surface area contributed by atoms with Crippen LogP contribution in [-0.2, 0) is 0 Å². The van der Waals surface area contributed by atoms with Gasteiger partial charge < -0.3 is 0 Å². The molecule has 0 spiro atoms. The normalized spacial score (nSPS) is 31.1. The largest absolute Gasteiger partial charge is 0.273 e. The Bertz CT molecular complexity index is 227. The molecular weight excluding hydrogens is 160 g/mol. The third-order valence-electron chi connectivity index (χ3n) is 3.25. The minimum atomic E-state index is 0.131. The van der Waals surface area contributed by atoms with Crippen LogP contribution in [0.2, 0.25) is 0 Å². The molecule has 1 aliphatic heterocycles.